The van der Waals surface area contributed by atoms with Gasteiger partial charge in [-0.15, -0.1) is 11.3 Å². The molecule has 15 heavy (non-hydrogen) atoms. The molecule has 0 aliphatic carbocycles. The van der Waals surface area contributed by atoms with E-state index in [0.29, 0.717) is 0 Å². The maximum absolute atomic E-state index is 5.24. The van der Waals surface area contributed by atoms with Crippen molar-refractivity contribution in [2.24, 2.45) is 5.84 Å². The Labute approximate surface area is 95.1 Å². The van der Waals surface area contributed by atoms with Crippen LogP contribution in [0.4, 0.5) is 5.13 Å². The zero-order chi connectivity index (χ0) is 10.5. The molecule has 0 saturated heterocycles. The number of hydrazine groups is 1. The van der Waals surface area contributed by atoms with Gasteiger partial charge in [-0.1, -0.05) is 11.8 Å². The van der Waals surface area contributed by atoms with E-state index in [1.807, 2.05) is 0 Å². The Balaban J connectivity index is 1.93. The zero-order valence-electron chi connectivity index (χ0n) is 7.75. The van der Waals surface area contributed by atoms with Crippen LogP contribution in [0.5, 0.6) is 0 Å². The number of anilines is 1. The number of thioether (sulfide) groups is 1. The summed E-state index contributed by atoms with van der Waals surface area (Å²) >= 11 is 3.11. The first-order chi connectivity index (χ1) is 7.38. The van der Waals surface area contributed by atoms with E-state index in [2.05, 4.69) is 20.4 Å². The van der Waals surface area contributed by atoms with Gasteiger partial charge < -0.3 is 0 Å². The van der Waals surface area contributed by atoms with Crippen molar-refractivity contribution < 1.29 is 0 Å². The maximum atomic E-state index is 5.24. The van der Waals surface area contributed by atoms with Gasteiger partial charge in [-0.3, -0.25) is 5.43 Å². The second-order valence-corrected chi connectivity index (χ2v) is 4.65. The van der Waals surface area contributed by atoms with Gasteiger partial charge >= 0.3 is 0 Å². The van der Waals surface area contributed by atoms with Crippen molar-refractivity contribution >= 4 is 28.2 Å². The molecule has 0 aliphatic heterocycles. The molecule has 5 nitrogen and oxygen atoms in total. The van der Waals surface area contributed by atoms with Crippen LogP contribution in [0.2, 0.25) is 0 Å². The van der Waals surface area contributed by atoms with Crippen LogP contribution in [0.1, 0.15) is 4.88 Å². The lowest BCUT2D eigenvalue weighted by Gasteiger charge is -1.95. The Bertz CT molecular complexity index is 416. The lowest BCUT2D eigenvalue weighted by molar-refractivity contribution is 0.967. The number of aromatic nitrogens is 3. The van der Waals surface area contributed by atoms with Gasteiger partial charge in [-0.25, -0.2) is 20.8 Å². The standard InChI is InChI=1S/C8H9N5S2/c9-13-8-12-4-6(15-8)5-14-7-10-2-1-3-11-7/h1-4H,5,9H2,(H,12,13). The molecule has 0 aromatic carbocycles. The van der Waals surface area contributed by atoms with Gasteiger partial charge in [0.25, 0.3) is 0 Å². The Morgan fingerprint density at radius 2 is 2.13 bits per heavy atom. The highest BCUT2D eigenvalue weighted by atomic mass is 32.2. The molecule has 7 heteroatoms. The van der Waals surface area contributed by atoms with E-state index < -0.39 is 0 Å². The maximum Gasteiger partial charge on any atom is 0.197 e. The lowest BCUT2D eigenvalue weighted by atomic mass is 10.6. The molecule has 0 fully saturated rings. The van der Waals surface area contributed by atoms with Crippen LogP contribution in [0.15, 0.2) is 29.8 Å². The van der Waals surface area contributed by atoms with E-state index in [-0.39, 0.29) is 0 Å². The van der Waals surface area contributed by atoms with E-state index in [1.165, 1.54) is 11.3 Å². The Hall–Kier alpha value is -1.18. The van der Waals surface area contributed by atoms with E-state index in [9.17, 15) is 0 Å². The van der Waals surface area contributed by atoms with E-state index in [0.717, 1.165) is 20.9 Å². The minimum Gasteiger partial charge on any atom is -0.300 e. The van der Waals surface area contributed by atoms with Crippen LogP contribution in [-0.2, 0) is 5.75 Å². The molecular weight excluding hydrogens is 230 g/mol. The largest absolute Gasteiger partial charge is 0.300 e. The quantitative estimate of drug-likeness (QED) is 0.364. The molecule has 0 aliphatic rings. The monoisotopic (exact) mass is 239 g/mol. The molecular formula is C8H9N5S2. The van der Waals surface area contributed by atoms with Gasteiger partial charge in [0.15, 0.2) is 10.3 Å². The highest BCUT2D eigenvalue weighted by Gasteiger charge is 2.02. The van der Waals surface area contributed by atoms with Crippen LogP contribution in [0.25, 0.3) is 0 Å². The van der Waals surface area contributed by atoms with Crippen molar-refractivity contribution in [1.29, 1.82) is 0 Å². The van der Waals surface area contributed by atoms with Gasteiger partial charge in [0.1, 0.15) is 0 Å². The average molecular weight is 239 g/mol. The van der Waals surface area contributed by atoms with E-state index in [4.69, 9.17) is 5.84 Å². The first-order valence-corrected chi connectivity index (χ1v) is 6.00. The van der Waals surface area contributed by atoms with Crippen molar-refractivity contribution in [1.82, 2.24) is 15.0 Å². The van der Waals surface area contributed by atoms with E-state index in [1.54, 1.807) is 36.4 Å². The number of hydrogen-bond donors (Lipinski definition) is 2. The minimum atomic E-state index is 0.722. The van der Waals surface area contributed by atoms with E-state index >= 15 is 0 Å². The number of hydrogen-bond acceptors (Lipinski definition) is 7. The third-order valence-electron chi connectivity index (χ3n) is 1.56. The van der Waals surface area contributed by atoms with Crippen molar-refractivity contribution in [3.8, 4) is 0 Å². The number of nitrogens with one attached hydrogen (secondary N) is 1. The van der Waals surface area contributed by atoms with Gasteiger partial charge in [0, 0.05) is 29.2 Å². The molecule has 0 atom stereocenters. The van der Waals surface area contributed by atoms with Gasteiger partial charge in [-0.2, -0.15) is 0 Å². The number of rotatable bonds is 4. The summed E-state index contributed by atoms with van der Waals surface area (Å²) in [6.45, 7) is 0. The summed E-state index contributed by atoms with van der Waals surface area (Å²) in [5, 5.41) is 1.49. The van der Waals surface area contributed by atoms with Crippen molar-refractivity contribution in [2.75, 3.05) is 5.43 Å². The van der Waals surface area contributed by atoms with Crippen LogP contribution in [0.3, 0.4) is 0 Å². The summed E-state index contributed by atoms with van der Waals surface area (Å²) in [5.74, 6) is 6.05. The summed E-state index contributed by atoms with van der Waals surface area (Å²) in [6.07, 6.45) is 5.26. The Morgan fingerprint density at radius 1 is 1.33 bits per heavy atom. The first-order valence-electron chi connectivity index (χ1n) is 4.19. The zero-order valence-corrected chi connectivity index (χ0v) is 9.38. The molecule has 0 unspecified atom stereocenters. The predicted molar refractivity (Wildman–Crippen MR) is 61.5 cm³/mol. The molecule has 2 heterocycles. The number of nitrogens with zero attached hydrogens (tertiary/aromatic N) is 3. The minimum absolute atomic E-state index is 0.722. The SMILES string of the molecule is NNc1ncc(CSc2ncccn2)s1. The normalized spacial score (nSPS) is 10.2. The third kappa shape index (κ3) is 2.88. The third-order valence-corrected chi connectivity index (χ3v) is 3.60. The summed E-state index contributed by atoms with van der Waals surface area (Å²) in [4.78, 5) is 13.4. The molecule has 0 saturated carbocycles. The number of nitrogens with two attached hydrogens (primary N) is 1. The van der Waals surface area contributed by atoms with Crippen molar-refractivity contribution in [3.05, 3.63) is 29.5 Å². The Morgan fingerprint density at radius 3 is 2.80 bits per heavy atom. The fourth-order valence-electron chi connectivity index (χ4n) is 0.937. The summed E-state index contributed by atoms with van der Waals surface area (Å²) in [7, 11) is 0. The fourth-order valence-corrected chi connectivity index (χ4v) is 2.48. The second-order valence-electron chi connectivity index (χ2n) is 2.60. The summed E-state index contributed by atoms with van der Waals surface area (Å²) < 4.78 is 0. The van der Waals surface area contributed by atoms with Crippen molar-refractivity contribution in [3.63, 3.8) is 0 Å². The first kappa shape index (κ1) is 10.3. The van der Waals surface area contributed by atoms with Crippen LogP contribution < -0.4 is 11.3 Å². The van der Waals surface area contributed by atoms with Gasteiger partial charge in [0.2, 0.25) is 0 Å². The topological polar surface area (TPSA) is 76.7 Å². The second kappa shape index (κ2) is 5.06. The smallest absolute Gasteiger partial charge is 0.197 e. The van der Waals surface area contributed by atoms with Crippen LogP contribution in [-0.4, -0.2) is 15.0 Å². The average Bonchev–Trinajstić information content (AvgIpc) is 2.76. The fraction of sp³-hybridized carbons (Fsp3) is 0.125. The number of thiazole rings is 1. The lowest BCUT2D eigenvalue weighted by Crippen LogP contribution is -2.05. The molecule has 2 aromatic rings. The van der Waals surface area contributed by atoms with Gasteiger partial charge in [0.05, 0.1) is 0 Å². The molecule has 78 valence electrons. The molecule has 0 amide bonds. The summed E-state index contributed by atoms with van der Waals surface area (Å²) in [5.41, 5.74) is 2.51. The van der Waals surface area contributed by atoms with Crippen LogP contribution in [0, 0.1) is 0 Å². The Kier molecular flexibility index (Phi) is 3.49. The van der Waals surface area contributed by atoms with Gasteiger partial charge in [-0.05, 0) is 6.07 Å². The van der Waals surface area contributed by atoms with Crippen LogP contribution >= 0.6 is 23.1 Å². The molecule has 0 spiro atoms. The summed E-state index contributed by atoms with van der Waals surface area (Å²) in [6, 6.07) is 1.80. The highest BCUT2D eigenvalue weighted by Crippen LogP contribution is 2.24. The molecule has 0 radical (unpaired) electrons. The highest BCUT2D eigenvalue weighted by molar-refractivity contribution is 7.98. The number of nitrogen functional groups attached to an aromatic ring is 1. The molecule has 0 bridgehead atoms. The molecule has 2 aromatic heterocycles. The predicted octanol–water partition coefficient (Wildman–Crippen LogP) is 1.51. The molecule has 2 rings (SSSR count). The van der Waals surface area contributed by atoms with Crippen molar-refractivity contribution in [2.45, 2.75) is 10.9 Å². The molecule has 3 N–H and O–H groups in total.